The van der Waals surface area contributed by atoms with E-state index in [2.05, 4.69) is 31.4 Å². The van der Waals surface area contributed by atoms with Gasteiger partial charge in [0.1, 0.15) is 5.69 Å². The smallest absolute Gasteiger partial charge is 0.345 e. The molecule has 206 valence electrons. The lowest BCUT2D eigenvalue weighted by atomic mass is 10.0. The molecule has 41 heavy (non-hydrogen) atoms. The molecule has 0 aliphatic carbocycles. The Labute approximate surface area is 254 Å². The van der Waals surface area contributed by atoms with Crippen molar-refractivity contribution in [3.8, 4) is 22.6 Å². The molecule has 4 aromatic carbocycles. The molecule has 0 aliphatic rings. The summed E-state index contributed by atoms with van der Waals surface area (Å²) in [5.74, 6) is -0.485. The highest BCUT2D eigenvalue weighted by Crippen LogP contribution is 2.37. The standard InChI is InChI=1S/C31H22BrCl2N3O4/c1-2-40-27-15-18(11-14-26(27)41-31(39)21-8-4-6-10-24(21)34)17-35-37-30(38)29-28(20-7-3-5-9-23(20)33)22-16-19(32)12-13-25(22)36-29/h3-17,36H,2H2,1H3,(H,37,38). The average Bonchev–Trinajstić information content (AvgIpc) is 3.33. The number of H-pyrrole nitrogens is 1. The van der Waals surface area contributed by atoms with Gasteiger partial charge in [0, 0.05) is 31.5 Å². The Kier molecular flexibility index (Phi) is 8.73. The molecule has 0 radical (unpaired) electrons. The Morgan fingerprint density at radius 2 is 1.71 bits per heavy atom. The first-order valence-electron chi connectivity index (χ1n) is 12.5. The maximum Gasteiger partial charge on any atom is 0.345 e. The molecule has 0 saturated carbocycles. The summed E-state index contributed by atoms with van der Waals surface area (Å²) >= 11 is 16.1. The summed E-state index contributed by atoms with van der Waals surface area (Å²) < 4.78 is 12.1. The zero-order valence-corrected chi connectivity index (χ0v) is 24.7. The van der Waals surface area contributed by atoms with Crippen LogP contribution in [0.25, 0.3) is 22.0 Å². The number of benzene rings is 4. The highest BCUT2D eigenvalue weighted by molar-refractivity contribution is 9.10. The van der Waals surface area contributed by atoms with Crippen molar-refractivity contribution in [1.29, 1.82) is 0 Å². The number of fused-ring (bicyclic) bond motifs is 1. The molecule has 1 amide bonds. The maximum absolute atomic E-state index is 13.3. The Bertz CT molecular complexity index is 1800. The molecule has 5 aromatic rings. The van der Waals surface area contributed by atoms with Crippen LogP contribution in [0, 0.1) is 0 Å². The number of amides is 1. The third-order valence-corrected chi connectivity index (χ3v) is 7.23. The van der Waals surface area contributed by atoms with E-state index in [1.54, 1.807) is 48.5 Å². The summed E-state index contributed by atoms with van der Waals surface area (Å²) in [5, 5.41) is 5.79. The van der Waals surface area contributed by atoms with Crippen LogP contribution in [0.3, 0.4) is 0 Å². The molecule has 5 rings (SSSR count). The highest BCUT2D eigenvalue weighted by Gasteiger charge is 2.21. The number of aromatic amines is 1. The van der Waals surface area contributed by atoms with Crippen LogP contribution in [0.1, 0.15) is 33.3 Å². The summed E-state index contributed by atoms with van der Waals surface area (Å²) in [6.45, 7) is 2.16. The zero-order chi connectivity index (χ0) is 28.9. The van der Waals surface area contributed by atoms with Crippen LogP contribution >= 0.6 is 39.1 Å². The second kappa shape index (κ2) is 12.6. The molecule has 0 bridgehead atoms. The molecule has 2 N–H and O–H groups in total. The number of aromatic nitrogens is 1. The Morgan fingerprint density at radius 1 is 0.951 bits per heavy atom. The molecule has 1 aromatic heterocycles. The second-order valence-electron chi connectivity index (χ2n) is 8.75. The molecular weight excluding hydrogens is 629 g/mol. The molecule has 7 nitrogen and oxygen atoms in total. The summed E-state index contributed by atoms with van der Waals surface area (Å²) in [6.07, 6.45) is 1.47. The molecule has 0 fully saturated rings. The predicted octanol–water partition coefficient (Wildman–Crippen LogP) is 8.29. The highest BCUT2D eigenvalue weighted by atomic mass is 79.9. The number of hydrogen-bond acceptors (Lipinski definition) is 5. The lowest BCUT2D eigenvalue weighted by Crippen LogP contribution is -2.19. The number of carbonyl (C=O) groups excluding carboxylic acids is 2. The van der Waals surface area contributed by atoms with Gasteiger partial charge in [-0.15, -0.1) is 0 Å². The molecule has 10 heteroatoms. The van der Waals surface area contributed by atoms with Gasteiger partial charge >= 0.3 is 5.97 Å². The number of ether oxygens (including phenoxy) is 2. The van der Waals surface area contributed by atoms with Crippen LogP contribution in [0.15, 0.2) is 94.5 Å². The van der Waals surface area contributed by atoms with Crippen LogP contribution in [0.4, 0.5) is 0 Å². The minimum Gasteiger partial charge on any atom is -0.490 e. The number of nitrogens with zero attached hydrogens (tertiary/aromatic N) is 1. The fourth-order valence-corrected chi connectivity index (χ4v) is 5.04. The van der Waals surface area contributed by atoms with E-state index < -0.39 is 11.9 Å². The summed E-state index contributed by atoms with van der Waals surface area (Å²) in [7, 11) is 0. The van der Waals surface area contributed by atoms with Gasteiger partial charge in [-0.25, -0.2) is 10.2 Å². The molecule has 0 unspecified atom stereocenters. The van der Waals surface area contributed by atoms with E-state index in [1.165, 1.54) is 6.21 Å². The predicted molar refractivity (Wildman–Crippen MR) is 166 cm³/mol. The third-order valence-electron chi connectivity index (χ3n) is 6.07. The molecule has 0 saturated heterocycles. The average molecular weight is 651 g/mol. The summed E-state index contributed by atoms with van der Waals surface area (Å²) in [4.78, 5) is 29.1. The van der Waals surface area contributed by atoms with Crippen molar-refractivity contribution in [3.63, 3.8) is 0 Å². The van der Waals surface area contributed by atoms with Crippen molar-refractivity contribution in [2.75, 3.05) is 6.61 Å². The molecule has 0 aliphatic heterocycles. The number of hydrogen-bond donors (Lipinski definition) is 2. The van der Waals surface area contributed by atoms with Crippen LogP contribution in [0.5, 0.6) is 11.5 Å². The lowest BCUT2D eigenvalue weighted by Gasteiger charge is -2.12. The number of nitrogens with one attached hydrogen (secondary N) is 2. The van der Waals surface area contributed by atoms with Crippen LogP contribution in [-0.2, 0) is 0 Å². The largest absolute Gasteiger partial charge is 0.490 e. The Hall–Kier alpha value is -4.11. The van der Waals surface area contributed by atoms with E-state index in [0.717, 1.165) is 20.9 Å². The molecular formula is C31H22BrCl2N3O4. The first kappa shape index (κ1) is 28.4. The van der Waals surface area contributed by atoms with Gasteiger partial charge in [-0.05, 0) is 67.1 Å². The van der Waals surface area contributed by atoms with Gasteiger partial charge in [0.2, 0.25) is 0 Å². The van der Waals surface area contributed by atoms with Crippen molar-refractivity contribution >= 4 is 68.1 Å². The summed E-state index contributed by atoms with van der Waals surface area (Å²) in [6, 6.07) is 24.6. The molecule has 0 spiro atoms. The van der Waals surface area contributed by atoms with Crippen LogP contribution < -0.4 is 14.9 Å². The normalized spacial score (nSPS) is 11.1. The number of esters is 1. The van der Waals surface area contributed by atoms with E-state index in [1.807, 2.05) is 43.3 Å². The minimum absolute atomic E-state index is 0.228. The van der Waals surface area contributed by atoms with E-state index in [0.29, 0.717) is 34.2 Å². The van der Waals surface area contributed by atoms with Gasteiger partial charge in [0.25, 0.3) is 5.91 Å². The van der Waals surface area contributed by atoms with Gasteiger partial charge < -0.3 is 14.5 Å². The van der Waals surface area contributed by atoms with Gasteiger partial charge in [-0.1, -0.05) is 69.5 Å². The minimum atomic E-state index is -0.607. The number of rotatable bonds is 8. The van der Waals surface area contributed by atoms with Crippen LogP contribution in [0.2, 0.25) is 10.0 Å². The van der Waals surface area contributed by atoms with Gasteiger partial charge in [-0.3, -0.25) is 4.79 Å². The van der Waals surface area contributed by atoms with Gasteiger partial charge in [-0.2, -0.15) is 5.10 Å². The van der Waals surface area contributed by atoms with E-state index in [9.17, 15) is 9.59 Å². The molecule has 1 heterocycles. The quantitative estimate of drug-likeness (QED) is 0.0765. The topological polar surface area (TPSA) is 92.8 Å². The van der Waals surface area contributed by atoms with Crippen molar-refractivity contribution in [2.24, 2.45) is 5.10 Å². The maximum atomic E-state index is 13.3. The Balaban J connectivity index is 1.38. The van der Waals surface area contributed by atoms with Gasteiger partial charge in [0.05, 0.1) is 23.4 Å². The van der Waals surface area contributed by atoms with E-state index in [4.69, 9.17) is 32.7 Å². The van der Waals surface area contributed by atoms with E-state index >= 15 is 0 Å². The molecule has 0 atom stereocenters. The van der Waals surface area contributed by atoms with Crippen molar-refractivity contribution in [2.45, 2.75) is 6.92 Å². The summed E-state index contributed by atoms with van der Waals surface area (Å²) in [5.41, 5.74) is 5.92. The van der Waals surface area contributed by atoms with Crippen molar-refractivity contribution in [1.82, 2.24) is 10.4 Å². The monoisotopic (exact) mass is 649 g/mol. The Morgan fingerprint density at radius 3 is 2.46 bits per heavy atom. The SMILES string of the molecule is CCOc1cc(C=NNC(=O)c2[nH]c3ccc(Br)cc3c2-c2ccccc2Cl)ccc1OC(=O)c1ccccc1Cl. The van der Waals surface area contributed by atoms with Crippen molar-refractivity contribution in [3.05, 3.63) is 116 Å². The van der Waals surface area contributed by atoms with Crippen LogP contribution in [-0.4, -0.2) is 29.7 Å². The fourth-order valence-electron chi connectivity index (χ4n) is 4.24. The van der Waals surface area contributed by atoms with E-state index in [-0.39, 0.29) is 16.3 Å². The number of halogens is 3. The first-order valence-corrected chi connectivity index (χ1v) is 14.0. The number of hydrazone groups is 1. The first-order chi connectivity index (χ1) is 19.9. The van der Waals surface area contributed by atoms with Gasteiger partial charge in [0.15, 0.2) is 11.5 Å². The third kappa shape index (κ3) is 6.30. The zero-order valence-electron chi connectivity index (χ0n) is 21.6. The van der Waals surface area contributed by atoms with Crippen molar-refractivity contribution < 1.29 is 19.1 Å². The lowest BCUT2D eigenvalue weighted by molar-refractivity contribution is 0.0728. The fraction of sp³-hybridized carbons (Fsp3) is 0.0645. The number of carbonyl (C=O) groups is 2. The second-order valence-corrected chi connectivity index (χ2v) is 10.5.